The van der Waals surface area contributed by atoms with Gasteiger partial charge in [0.15, 0.2) is 0 Å². The molecule has 72 valence electrons. The van der Waals surface area contributed by atoms with Crippen molar-refractivity contribution in [2.24, 2.45) is 11.8 Å². The van der Waals surface area contributed by atoms with E-state index in [1.54, 1.807) is 0 Å². The molecule has 1 fully saturated rings. The highest BCUT2D eigenvalue weighted by Crippen LogP contribution is 2.30. The molecule has 1 rings (SSSR count). The summed E-state index contributed by atoms with van der Waals surface area (Å²) in [4.78, 5) is 0. The Bertz CT molecular complexity index is 120. The zero-order chi connectivity index (χ0) is 8.97. The van der Waals surface area contributed by atoms with Crippen molar-refractivity contribution in [1.82, 2.24) is 0 Å². The number of rotatable bonds is 3. The molecule has 0 spiro atoms. The number of ether oxygens (including phenoxy) is 1. The van der Waals surface area contributed by atoms with Gasteiger partial charge >= 0.3 is 0 Å². The minimum atomic E-state index is 0.558. The van der Waals surface area contributed by atoms with Crippen molar-refractivity contribution in [2.75, 3.05) is 7.11 Å². The van der Waals surface area contributed by atoms with Crippen LogP contribution in [0.15, 0.2) is 0 Å². The molecule has 1 heteroatoms. The van der Waals surface area contributed by atoms with Gasteiger partial charge in [-0.15, -0.1) is 0 Å². The maximum absolute atomic E-state index is 5.40. The highest BCUT2D eigenvalue weighted by Gasteiger charge is 2.21. The maximum Gasteiger partial charge on any atom is 0.0574 e. The van der Waals surface area contributed by atoms with Crippen LogP contribution >= 0.6 is 0 Å². The molecule has 0 amide bonds. The van der Waals surface area contributed by atoms with Gasteiger partial charge in [0.2, 0.25) is 0 Å². The Morgan fingerprint density at radius 3 is 2.67 bits per heavy atom. The molecule has 0 aromatic rings. The van der Waals surface area contributed by atoms with E-state index in [9.17, 15) is 0 Å². The van der Waals surface area contributed by atoms with Crippen LogP contribution in [0.5, 0.6) is 0 Å². The van der Waals surface area contributed by atoms with Gasteiger partial charge in [0.25, 0.3) is 0 Å². The minimum absolute atomic E-state index is 0.558. The topological polar surface area (TPSA) is 9.23 Å². The van der Waals surface area contributed by atoms with E-state index in [-0.39, 0.29) is 0 Å². The second-order valence-electron chi connectivity index (χ2n) is 4.52. The van der Waals surface area contributed by atoms with Gasteiger partial charge in [0, 0.05) is 7.11 Å². The Hall–Kier alpha value is -0.0400. The Morgan fingerprint density at radius 2 is 2.08 bits per heavy atom. The standard InChI is InChI=1S/C11H22O/c1-9(2)7-10-5-4-6-11(8-10)12-3/h9-11H,4-8H2,1-3H3. The van der Waals surface area contributed by atoms with Crippen molar-refractivity contribution < 1.29 is 4.74 Å². The van der Waals surface area contributed by atoms with Gasteiger partial charge in [-0.1, -0.05) is 26.7 Å². The largest absolute Gasteiger partial charge is 0.381 e. The molecule has 0 N–H and O–H groups in total. The number of methoxy groups -OCH3 is 1. The molecule has 0 aromatic carbocycles. The van der Waals surface area contributed by atoms with Crippen LogP contribution in [-0.2, 0) is 4.74 Å². The Labute approximate surface area is 76.5 Å². The van der Waals surface area contributed by atoms with Gasteiger partial charge in [-0.05, 0) is 31.1 Å². The Kier molecular flexibility index (Phi) is 4.07. The Morgan fingerprint density at radius 1 is 1.33 bits per heavy atom. The van der Waals surface area contributed by atoms with Crippen LogP contribution in [0.3, 0.4) is 0 Å². The molecular formula is C11H22O. The molecular weight excluding hydrogens is 148 g/mol. The molecule has 0 aromatic heterocycles. The summed E-state index contributed by atoms with van der Waals surface area (Å²) in [5, 5.41) is 0. The summed E-state index contributed by atoms with van der Waals surface area (Å²) in [6.07, 6.45) is 7.33. The van der Waals surface area contributed by atoms with E-state index in [0.717, 1.165) is 11.8 Å². The van der Waals surface area contributed by atoms with Crippen LogP contribution in [-0.4, -0.2) is 13.2 Å². The summed E-state index contributed by atoms with van der Waals surface area (Å²) < 4.78 is 5.40. The molecule has 0 aliphatic heterocycles. The van der Waals surface area contributed by atoms with Gasteiger partial charge in [-0.25, -0.2) is 0 Å². The normalized spacial score (nSPS) is 31.0. The second kappa shape index (κ2) is 4.86. The average Bonchev–Trinajstić information content (AvgIpc) is 2.03. The molecule has 0 heterocycles. The zero-order valence-electron chi connectivity index (χ0n) is 8.68. The van der Waals surface area contributed by atoms with Gasteiger partial charge < -0.3 is 4.74 Å². The van der Waals surface area contributed by atoms with E-state index in [2.05, 4.69) is 13.8 Å². The summed E-state index contributed by atoms with van der Waals surface area (Å²) in [7, 11) is 1.85. The summed E-state index contributed by atoms with van der Waals surface area (Å²) in [6, 6.07) is 0. The third-order valence-corrected chi connectivity index (χ3v) is 2.87. The average molecular weight is 170 g/mol. The summed E-state index contributed by atoms with van der Waals surface area (Å²) in [5.41, 5.74) is 0. The molecule has 1 saturated carbocycles. The lowest BCUT2D eigenvalue weighted by atomic mass is 9.82. The molecule has 1 aliphatic rings. The quantitative estimate of drug-likeness (QED) is 0.632. The van der Waals surface area contributed by atoms with E-state index < -0.39 is 0 Å². The number of hydrogen-bond donors (Lipinski definition) is 0. The third-order valence-electron chi connectivity index (χ3n) is 2.87. The maximum atomic E-state index is 5.40. The molecule has 2 atom stereocenters. The monoisotopic (exact) mass is 170 g/mol. The van der Waals surface area contributed by atoms with E-state index in [0.29, 0.717) is 6.10 Å². The fourth-order valence-corrected chi connectivity index (χ4v) is 2.34. The molecule has 1 nitrogen and oxygen atoms in total. The molecule has 12 heavy (non-hydrogen) atoms. The van der Waals surface area contributed by atoms with Crippen molar-refractivity contribution in [3.8, 4) is 0 Å². The van der Waals surface area contributed by atoms with E-state index in [4.69, 9.17) is 4.74 Å². The zero-order valence-corrected chi connectivity index (χ0v) is 8.68. The van der Waals surface area contributed by atoms with Gasteiger partial charge in [-0.3, -0.25) is 0 Å². The predicted molar refractivity (Wildman–Crippen MR) is 52.2 cm³/mol. The number of hydrogen-bond acceptors (Lipinski definition) is 1. The first-order chi connectivity index (χ1) is 5.72. The highest BCUT2D eigenvalue weighted by molar-refractivity contribution is 4.73. The van der Waals surface area contributed by atoms with Crippen molar-refractivity contribution in [3.05, 3.63) is 0 Å². The lowest BCUT2D eigenvalue weighted by Gasteiger charge is -2.29. The van der Waals surface area contributed by atoms with Gasteiger partial charge in [-0.2, -0.15) is 0 Å². The first-order valence-corrected chi connectivity index (χ1v) is 5.25. The lowest BCUT2D eigenvalue weighted by molar-refractivity contribution is 0.0465. The highest BCUT2D eigenvalue weighted by atomic mass is 16.5. The van der Waals surface area contributed by atoms with Crippen LogP contribution in [0.1, 0.15) is 46.0 Å². The van der Waals surface area contributed by atoms with E-state index >= 15 is 0 Å². The predicted octanol–water partition coefficient (Wildman–Crippen LogP) is 3.24. The summed E-state index contributed by atoms with van der Waals surface area (Å²) in [5.74, 6) is 1.79. The van der Waals surface area contributed by atoms with Crippen LogP contribution in [0.25, 0.3) is 0 Å². The first-order valence-electron chi connectivity index (χ1n) is 5.25. The molecule has 0 radical (unpaired) electrons. The van der Waals surface area contributed by atoms with Crippen LogP contribution in [0.4, 0.5) is 0 Å². The summed E-state index contributed by atoms with van der Waals surface area (Å²) >= 11 is 0. The third kappa shape index (κ3) is 3.14. The van der Waals surface area contributed by atoms with Crippen LogP contribution < -0.4 is 0 Å². The van der Waals surface area contributed by atoms with Crippen LogP contribution in [0, 0.1) is 11.8 Å². The first kappa shape index (κ1) is 10.0. The van der Waals surface area contributed by atoms with E-state index in [1.807, 2.05) is 7.11 Å². The van der Waals surface area contributed by atoms with Crippen LogP contribution in [0.2, 0.25) is 0 Å². The SMILES string of the molecule is COC1CCCC(CC(C)C)C1. The second-order valence-corrected chi connectivity index (χ2v) is 4.52. The van der Waals surface area contributed by atoms with Gasteiger partial charge in [0.05, 0.1) is 6.10 Å². The summed E-state index contributed by atoms with van der Waals surface area (Å²) in [6.45, 7) is 4.63. The lowest BCUT2D eigenvalue weighted by Crippen LogP contribution is -2.22. The van der Waals surface area contributed by atoms with Crippen molar-refractivity contribution >= 4 is 0 Å². The molecule has 1 aliphatic carbocycles. The van der Waals surface area contributed by atoms with Gasteiger partial charge in [0.1, 0.15) is 0 Å². The fraction of sp³-hybridized carbons (Fsp3) is 1.00. The fourth-order valence-electron chi connectivity index (χ4n) is 2.34. The van der Waals surface area contributed by atoms with Crippen molar-refractivity contribution in [1.29, 1.82) is 0 Å². The smallest absolute Gasteiger partial charge is 0.0574 e. The van der Waals surface area contributed by atoms with Crippen molar-refractivity contribution in [2.45, 2.75) is 52.1 Å². The van der Waals surface area contributed by atoms with E-state index in [1.165, 1.54) is 32.1 Å². The van der Waals surface area contributed by atoms with Crippen molar-refractivity contribution in [3.63, 3.8) is 0 Å². The minimum Gasteiger partial charge on any atom is -0.381 e. The molecule has 2 unspecified atom stereocenters. The molecule has 0 bridgehead atoms. The Balaban J connectivity index is 2.25. The molecule has 0 saturated heterocycles.